The molecule has 0 aromatic heterocycles. The molecule has 2 atom stereocenters. The van der Waals surface area contributed by atoms with Gasteiger partial charge < -0.3 is 9.64 Å². The average molecular weight is 272 g/mol. The normalized spacial score (nSPS) is 27.3. The first kappa shape index (κ1) is 14.9. The molecule has 20 heavy (non-hydrogen) atoms. The van der Waals surface area contributed by atoms with E-state index in [4.69, 9.17) is 4.74 Å². The van der Waals surface area contributed by atoms with Gasteiger partial charge in [0, 0.05) is 6.54 Å². The molecule has 1 heterocycles. The predicted octanol–water partition coefficient (Wildman–Crippen LogP) is 3.21. The fraction of sp³-hybridized carbons (Fsp3) is 0.588. The number of ether oxygens (including phenoxy) is 1. The van der Waals surface area contributed by atoms with Crippen LogP contribution in [0, 0.1) is 17.2 Å². The second kappa shape index (κ2) is 5.85. The Bertz CT molecular complexity index is 506. The third-order valence-electron chi connectivity index (χ3n) is 4.24. The summed E-state index contributed by atoms with van der Waals surface area (Å²) in [6, 6.07) is 10.7. The third kappa shape index (κ3) is 2.81. The highest BCUT2D eigenvalue weighted by molar-refractivity contribution is 5.39. The van der Waals surface area contributed by atoms with Gasteiger partial charge in [-0.25, -0.2) is 0 Å². The summed E-state index contributed by atoms with van der Waals surface area (Å²) in [7, 11) is 2.12. The minimum absolute atomic E-state index is 0.151. The van der Waals surface area contributed by atoms with Crippen LogP contribution in [0.1, 0.15) is 32.8 Å². The van der Waals surface area contributed by atoms with Gasteiger partial charge in [-0.2, -0.15) is 5.26 Å². The summed E-state index contributed by atoms with van der Waals surface area (Å²) >= 11 is 0. The van der Waals surface area contributed by atoms with Gasteiger partial charge in [0.25, 0.3) is 0 Å². The van der Waals surface area contributed by atoms with Crippen LogP contribution in [-0.4, -0.2) is 31.1 Å². The van der Waals surface area contributed by atoms with E-state index in [0.29, 0.717) is 5.92 Å². The number of benzene rings is 1. The number of hydrogen-bond donors (Lipinski definition) is 0. The minimum atomic E-state index is -0.386. The van der Waals surface area contributed by atoms with E-state index in [2.05, 4.69) is 31.0 Å². The monoisotopic (exact) mass is 272 g/mol. The molecule has 1 saturated heterocycles. The van der Waals surface area contributed by atoms with Crippen LogP contribution in [0.3, 0.4) is 0 Å². The Morgan fingerprint density at radius 2 is 2.20 bits per heavy atom. The van der Waals surface area contributed by atoms with Gasteiger partial charge in [-0.1, -0.05) is 19.1 Å². The van der Waals surface area contributed by atoms with E-state index >= 15 is 0 Å². The van der Waals surface area contributed by atoms with E-state index in [1.165, 1.54) is 0 Å². The molecule has 0 N–H and O–H groups in total. The zero-order chi connectivity index (χ0) is 14.8. The van der Waals surface area contributed by atoms with Crippen molar-refractivity contribution in [3.8, 4) is 11.8 Å². The van der Waals surface area contributed by atoms with E-state index in [1.807, 2.05) is 32.0 Å². The summed E-state index contributed by atoms with van der Waals surface area (Å²) < 4.78 is 5.77. The molecule has 0 saturated carbocycles. The molecule has 0 amide bonds. The lowest BCUT2D eigenvalue weighted by molar-refractivity contribution is 0.157. The van der Waals surface area contributed by atoms with E-state index < -0.39 is 0 Å². The van der Waals surface area contributed by atoms with Crippen molar-refractivity contribution in [3.05, 3.63) is 29.8 Å². The lowest BCUT2D eigenvalue weighted by Crippen LogP contribution is -2.46. The maximum atomic E-state index is 9.82. The maximum Gasteiger partial charge on any atom is 0.120 e. The van der Waals surface area contributed by atoms with Gasteiger partial charge in [-0.3, -0.25) is 0 Å². The Kier molecular flexibility index (Phi) is 4.35. The van der Waals surface area contributed by atoms with Gasteiger partial charge in [-0.05, 0) is 57.5 Å². The highest BCUT2D eigenvalue weighted by atomic mass is 16.5. The molecule has 0 bridgehead atoms. The lowest BCUT2D eigenvalue weighted by atomic mass is 9.67. The lowest BCUT2D eigenvalue weighted by Gasteiger charge is -2.41. The van der Waals surface area contributed by atoms with Crippen molar-refractivity contribution in [1.82, 2.24) is 4.90 Å². The van der Waals surface area contributed by atoms with E-state index in [9.17, 15) is 5.26 Å². The van der Waals surface area contributed by atoms with Gasteiger partial charge in [-0.15, -0.1) is 0 Å². The highest BCUT2D eigenvalue weighted by Crippen LogP contribution is 2.40. The summed E-state index contributed by atoms with van der Waals surface area (Å²) in [6.07, 6.45) is 1.03. The number of piperidine rings is 1. The summed E-state index contributed by atoms with van der Waals surface area (Å²) in [6.45, 7) is 8.14. The van der Waals surface area contributed by atoms with Gasteiger partial charge in [0.15, 0.2) is 0 Å². The summed E-state index contributed by atoms with van der Waals surface area (Å²) in [5.74, 6) is 1.18. The molecule has 0 unspecified atom stereocenters. The van der Waals surface area contributed by atoms with E-state index in [0.717, 1.165) is 30.8 Å². The summed E-state index contributed by atoms with van der Waals surface area (Å²) in [4.78, 5) is 2.30. The van der Waals surface area contributed by atoms with Crippen LogP contribution in [0.15, 0.2) is 24.3 Å². The van der Waals surface area contributed by atoms with Crippen molar-refractivity contribution >= 4 is 0 Å². The number of likely N-dealkylation sites (tertiary alicyclic amines) is 1. The van der Waals surface area contributed by atoms with Gasteiger partial charge in [0.1, 0.15) is 5.75 Å². The zero-order valence-corrected chi connectivity index (χ0v) is 12.9. The highest BCUT2D eigenvalue weighted by Gasteiger charge is 2.41. The largest absolute Gasteiger partial charge is 0.491 e. The maximum absolute atomic E-state index is 9.82. The van der Waals surface area contributed by atoms with E-state index in [-0.39, 0.29) is 11.5 Å². The van der Waals surface area contributed by atoms with Crippen LogP contribution in [0.5, 0.6) is 5.75 Å². The first-order valence-corrected chi connectivity index (χ1v) is 7.35. The third-order valence-corrected chi connectivity index (χ3v) is 4.24. The topological polar surface area (TPSA) is 36.3 Å². The molecule has 108 valence electrons. The fourth-order valence-electron chi connectivity index (χ4n) is 3.11. The van der Waals surface area contributed by atoms with Crippen molar-refractivity contribution in [1.29, 1.82) is 5.26 Å². The van der Waals surface area contributed by atoms with Gasteiger partial charge in [0.05, 0.1) is 17.6 Å². The smallest absolute Gasteiger partial charge is 0.120 e. The average Bonchev–Trinajstić information content (AvgIpc) is 2.39. The molecule has 3 heteroatoms. The number of rotatable bonds is 3. The minimum Gasteiger partial charge on any atom is -0.491 e. The predicted molar refractivity (Wildman–Crippen MR) is 80.8 cm³/mol. The van der Waals surface area contributed by atoms with Crippen LogP contribution < -0.4 is 4.74 Å². The Morgan fingerprint density at radius 3 is 2.80 bits per heavy atom. The SMILES string of the molecule is CC(C)Oc1cccc([C@@]2(C#N)CCN(C)C[C@@H]2C)c1. The van der Waals surface area contributed by atoms with Gasteiger partial charge in [0.2, 0.25) is 0 Å². The van der Waals surface area contributed by atoms with Crippen molar-refractivity contribution in [3.63, 3.8) is 0 Å². The molecule has 3 nitrogen and oxygen atoms in total. The molecule has 2 rings (SSSR count). The van der Waals surface area contributed by atoms with Crippen molar-refractivity contribution in [2.45, 2.75) is 38.7 Å². The Morgan fingerprint density at radius 1 is 1.45 bits per heavy atom. The molecule has 0 aliphatic carbocycles. The number of nitriles is 1. The molecule has 1 aliphatic heterocycles. The second-order valence-corrected chi connectivity index (χ2v) is 6.19. The van der Waals surface area contributed by atoms with Crippen molar-refractivity contribution < 1.29 is 4.74 Å². The molecule has 0 radical (unpaired) electrons. The number of nitrogens with zero attached hydrogens (tertiary/aromatic N) is 2. The molecule has 1 aliphatic rings. The fourth-order valence-corrected chi connectivity index (χ4v) is 3.11. The first-order valence-electron chi connectivity index (χ1n) is 7.35. The summed E-state index contributed by atoms with van der Waals surface area (Å²) in [5.41, 5.74) is 0.710. The standard InChI is InChI=1S/C17H24N2O/c1-13(2)20-16-7-5-6-15(10-16)17(12-18)8-9-19(4)11-14(17)3/h5-7,10,13-14H,8-9,11H2,1-4H3/t14-,17+/m0/s1. The molecule has 1 fully saturated rings. The van der Waals surface area contributed by atoms with E-state index in [1.54, 1.807) is 0 Å². The zero-order valence-electron chi connectivity index (χ0n) is 12.9. The first-order chi connectivity index (χ1) is 9.48. The number of hydrogen-bond acceptors (Lipinski definition) is 3. The summed E-state index contributed by atoms with van der Waals surface area (Å²) in [5, 5.41) is 9.82. The van der Waals surface area contributed by atoms with Crippen molar-refractivity contribution in [2.75, 3.05) is 20.1 Å². The molecular weight excluding hydrogens is 248 g/mol. The molecular formula is C17H24N2O. The Labute approximate surface area is 122 Å². The van der Waals surface area contributed by atoms with Crippen LogP contribution in [0.25, 0.3) is 0 Å². The second-order valence-electron chi connectivity index (χ2n) is 6.19. The quantitative estimate of drug-likeness (QED) is 0.847. The van der Waals surface area contributed by atoms with Crippen LogP contribution in [0.2, 0.25) is 0 Å². The molecule has 1 aromatic carbocycles. The van der Waals surface area contributed by atoms with Crippen LogP contribution >= 0.6 is 0 Å². The molecule has 0 spiro atoms. The van der Waals surface area contributed by atoms with Crippen LogP contribution in [-0.2, 0) is 5.41 Å². The van der Waals surface area contributed by atoms with Crippen LogP contribution in [0.4, 0.5) is 0 Å². The van der Waals surface area contributed by atoms with Gasteiger partial charge >= 0.3 is 0 Å². The Balaban J connectivity index is 2.34. The van der Waals surface area contributed by atoms with Crippen molar-refractivity contribution in [2.24, 2.45) is 5.92 Å². The Hall–Kier alpha value is -1.53. The molecule has 1 aromatic rings.